The predicted molar refractivity (Wildman–Crippen MR) is 64.4 cm³/mol. The maximum absolute atomic E-state index is 6.13. The zero-order valence-corrected chi connectivity index (χ0v) is 10.0. The third-order valence-corrected chi connectivity index (χ3v) is 2.32. The van der Waals surface area contributed by atoms with Crippen LogP contribution in [0.3, 0.4) is 0 Å². The van der Waals surface area contributed by atoms with Crippen LogP contribution in [0.5, 0.6) is 0 Å². The number of nitrogens with two attached hydrogens (primary N) is 2. The fraction of sp³-hybridized carbons (Fsp3) is 0.583. The Morgan fingerprint density at radius 2 is 2.00 bits per heavy atom. The van der Waals surface area contributed by atoms with E-state index in [4.69, 9.17) is 11.5 Å². The highest BCUT2D eigenvalue weighted by Crippen LogP contribution is 2.29. The summed E-state index contributed by atoms with van der Waals surface area (Å²) in [6.45, 7) is 8.52. The van der Waals surface area contributed by atoms with Crippen molar-refractivity contribution in [3.05, 3.63) is 23.4 Å². The van der Waals surface area contributed by atoms with E-state index in [9.17, 15) is 0 Å². The van der Waals surface area contributed by atoms with Crippen LogP contribution in [0.25, 0.3) is 0 Å². The molecule has 0 aliphatic heterocycles. The van der Waals surface area contributed by atoms with E-state index in [0.29, 0.717) is 5.82 Å². The lowest BCUT2D eigenvalue weighted by atomic mass is 9.86. The highest BCUT2D eigenvalue weighted by atomic mass is 14.8. The predicted octanol–water partition coefficient (Wildman–Crippen LogP) is 2.41. The highest BCUT2D eigenvalue weighted by Gasteiger charge is 2.19. The number of rotatable bonds is 2. The van der Waals surface area contributed by atoms with Crippen LogP contribution in [0.4, 0.5) is 5.82 Å². The molecule has 84 valence electrons. The van der Waals surface area contributed by atoms with Gasteiger partial charge in [-0.3, -0.25) is 0 Å². The van der Waals surface area contributed by atoms with Gasteiger partial charge in [0.05, 0.1) is 0 Å². The van der Waals surface area contributed by atoms with Crippen molar-refractivity contribution in [2.75, 3.05) is 5.73 Å². The Hall–Kier alpha value is -1.09. The standard InChI is InChI=1S/C12H21N3/c1-8-5-9(11(14)15-7-8)10(13)6-12(2,3)4/h5,7,10H,6,13H2,1-4H3,(H2,14,15). The molecule has 0 radical (unpaired) electrons. The molecule has 3 nitrogen and oxygen atoms in total. The van der Waals surface area contributed by atoms with Crippen LogP contribution >= 0.6 is 0 Å². The van der Waals surface area contributed by atoms with E-state index in [0.717, 1.165) is 17.5 Å². The normalized spacial score (nSPS) is 13.9. The van der Waals surface area contributed by atoms with Crippen LogP contribution in [0.15, 0.2) is 12.3 Å². The number of aromatic nitrogens is 1. The Morgan fingerprint density at radius 3 is 2.53 bits per heavy atom. The zero-order chi connectivity index (χ0) is 11.6. The fourth-order valence-corrected chi connectivity index (χ4v) is 1.67. The minimum atomic E-state index is -0.0302. The lowest BCUT2D eigenvalue weighted by Gasteiger charge is -2.24. The molecule has 0 spiro atoms. The van der Waals surface area contributed by atoms with E-state index >= 15 is 0 Å². The molecule has 0 aromatic carbocycles. The van der Waals surface area contributed by atoms with Gasteiger partial charge in [-0.15, -0.1) is 0 Å². The first-order valence-electron chi connectivity index (χ1n) is 5.27. The van der Waals surface area contributed by atoms with Gasteiger partial charge in [-0.2, -0.15) is 0 Å². The molecule has 1 heterocycles. The van der Waals surface area contributed by atoms with E-state index in [-0.39, 0.29) is 11.5 Å². The second-order valence-corrected chi connectivity index (χ2v) is 5.36. The Morgan fingerprint density at radius 1 is 1.40 bits per heavy atom. The van der Waals surface area contributed by atoms with E-state index < -0.39 is 0 Å². The molecule has 0 saturated carbocycles. The maximum Gasteiger partial charge on any atom is 0.128 e. The topological polar surface area (TPSA) is 64.9 Å². The first kappa shape index (κ1) is 12.0. The van der Waals surface area contributed by atoms with Gasteiger partial charge in [0.25, 0.3) is 0 Å². The van der Waals surface area contributed by atoms with Gasteiger partial charge in [-0.05, 0) is 30.4 Å². The van der Waals surface area contributed by atoms with Gasteiger partial charge in [0, 0.05) is 17.8 Å². The van der Waals surface area contributed by atoms with Gasteiger partial charge < -0.3 is 11.5 Å². The Kier molecular flexibility index (Phi) is 3.35. The van der Waals surface area contributed by atoms with Gasteiger partial charge in [0.15, 0.2) is 0 Å². The fourth-order valence-electron chi connectivity index (χ4n) is 1.67. The van der Waals surface area contributed by atoms with Crippen molar-refractivity contribution >= 4 is 5.82 Å². The molecule has 1 aromatic rings. The van der Waals surface area contributed by atoms with Gasteiger partial charge in [-0.25, -0.2) is 4.98 Å². The van der Waals surface area contributed by atoms with Crippen molar-refractivity contribution in [2.45, 2.75) is 40.2 Å². The van der Waals surface area contributed by atoms with Crippen LogP contribution in [0, 0.1) is 12.3 Å². The summed E-state index contributed by atoms with van der Waals surface area (Å²) in [4.78, 5) is 4.13. The van der Waals surface area contributed by atoms with Crippen molar-refractivity contribution in [3.8, 4) is 0 Å². The second kappa shape index (κ2) is 4.19. The summed E-state index contributed by atoms with van der Waals surface area (Å²) in [5, 5.41) is 0. The average Bonchev–Trinajstić information content (AvgIpc) is 2.06. The number of hydrogen-bond donors (Lipinski definition) is 2. The number of aryl methyl sites for hydroxylation is 1. The minimum Gasteiger partial charge on any atom is -0.383 e. The highest BCUT2D eigenvalue weighted by molar-refractivity contribution is 5.42. The molecule has 0 bridgehead atoms. The monoisotopic (exact) mass is 207 g/mol. The van der Waals surface area contributed by atoms with Crippen molar-refractivity contribution in [1.29, 1.82) is 0 Å². The number of pyridine rings is 1. The molecule has 1 rings (SSSR count). The first-order chi connectivity index (χ1) is 6.79. The Balaban J connectivity index is 2.90. The SMILES string of the molecule is Cc1cnc(N)c(C(N)CC(C)(C)C)c1. The molecule has 3 heteroatoms. The second-order valence-electron chi connectivity index (χ2n) is 5.36. The summed E-state index contributed by atoms with van der Waals surface area (Å²) in [7, 11) is 0. The Labute approximate surface area is 91.9 Å². The quantitative estimate of drug-likeness (QED) is 0.782. The largest absolute Gasteiger partial charge is 0.383 e. The number of nitrogens with zero attached hydrogens (tertiary/aromatic N) is 1. The number of anilines is 1. The van der Waals surface area contributed by atoms with Crippen LogP contribution in [-0.4, -0.2) is 4.98 Å². The average molecular weight is 207 g/mol. The van der Waals surface area contributed by atoms with E-state index in [1.807, 2.05) is 13.0 Å². The molecular weight excluding hydrogens is 186 g/mol. The van der Waals surface area contributed by atoms with Crippen molar-refractivity contribution in [2.24, 2.45) is 11.1 Å². The Bertz CT molecular complexity index is 339. The summed E-state index contributed by atoms with van der Waals surface area (Å²) < 4.78 is 0. The zero-order valence-electron chi connectivity index (χ0n) is 10.0. The molecule has 0 aliphatic carbocycles. The van der Waals surface area contributed by atoms with E-state index in [2.05, 4.69) is 25.8 Å². The summed E-state index contributed by atoms with van der Waals surface area (Å²) in [5.41, 5.74) is 14.2. The summed E-state index contributed by atoms with van der Waals surface area (Å²) in [6.07, 6.45) is 2.67. The number of hydrogen-bond acceptors (Lipinski definition) is 3. The van der Waals surface area contributed by atoms with Crippen LogP contribution in [-0.2, 0) is 0 Å². The van der Waals surface area contributed by atoms with Crippen LogP contribution in [0.1, 0.15) is 44.4 Å². The lowest BCUT2D eigenvalue weighted by Crippen LogP contribution is -2.20. The van der Waals surface area contributed by atoms with Crippen LogP contribution in [0.2, 0.25) is 0 Å². The minimum absolute atomic E-state index is 0.0302. The van der Waals surface area contributed by atoms with Crippen molar-refractivity contribution in [1.82, 2.24) is 4.98 Å². The third-order valence-electron chi connectivity index (χ3n) is 2.32. The molecular formula is C12H21N3. The molecule has 15 heavy (non-hydrogen) atoms. The van der Waals surface area contributed by atoms with Gasteiger partial charge in [0.2, 0.25) is 0 Å². The summed E-state index contributed by atoms with van der Waals surface area (Å²) in [6, 6.07) is 2.00. The van der Waals surface area contributed by atoms with Gasteiger partial charge >= 0.3 is 0 Å². The molecule has 1 atom stereocenters. The van der Waals surface area contributed by atoms with E-state index in [1.54, 1.807) is 6.20 Å². The third kappa shape index (κ3) is 3.51. The maximum atomic E-state index is 6.13. The smallest absolute Gasteiger partial charge is 0.128 e. The summed E-state index contributed by atoms with van der Waals surface area (Å²) in [5.74, 6) is 0.553. The molecule has 0 saturated heterocycles. The summed E-state index contributed by atoms with van der Waals surface area (Å²) >= 11 is 0. The van der Waals surface area contributed by atoms with Crippen molar-refractivity contribution < 1.29 is 0 Å². The first-order valence-corrected chi connectivity index (χ1v) is 5.27. The molecule has 1 unspecified atom stereocenters. The van der Waals surface area contributed by atoms with Crippen molar-refractivity contribution in [3.63, 3.8) is 0 Å². The van der Waals surface area contributed by atoms with Gasteiger partial charge in [-0.1, -0.05) is 20.8 Å². The van der Waals surface area contributed by atoms with E-state index in [1.165, 1.54) is 0 Å². The molecule has 0 fully saturated rings. The molecule has 4 N–H and O–H groups in total. The molecule has 0 amide bonds. The lowest BCUT2D eigenvalue weighted by molar-refractivity contribution is 0.343. The number of nitrogen functional groups attached to an aromatic ring is 1. The molecule has 1 aromatic heterocycles. The molecule has 0 aliphatic rings. The van der Waals surface area contributed by atoms with Crippen LogP contribution < -0.4 is 11.5 Å². The van der Waals surface area contributed by atoms with Gasteiger partial charge in [0.1, 0.15) is 5.82 Å².